The molecule has 4 rings (SSSR count). The van der Waals surface area contributed by atoms with E-state index in [0.29, 0.717) is 36.1 Å². The maximum absolute atomic E-state index is 13.0. The van der Waals surface area contributed by atoms with Crippen LogP contribution in [0, 0.1) is 6.92 Å². The summed E-state index contributed by atoms with van der Waals surface area (Å²) in [4.78, 5) is 23.4. The lowest BCUT2D eigenvalue weighted by Gasteiger charge is -2.28. The maximum Gasteiger partial charge on any atom is 0.258 e. The van der Waals surface area contributed by atoms with Crippen LogP contribution >= 0.6 is 0 Å². The number of hydrogen-bond acceptors (Lipinski definition) is 5. The summed E-state index contributed by atoms with van der Waals surface area (Å²) in [7, 11) is 0. The highest BCUT2D eigenvalue weighted by molar-refractivity contribution is 6.07. The standard InChI is InChI=1S/C19H19N5O2/c1-3-16-21-17(23-22-16)13-5-7-14(8-6-13)19(25)24-10-11-26-18-15(24)9-4-12(2)20-18/h4-9H,3,10-11H2,1-2H3,(H,21,22,23). The predicted molar refractivity (Wildman–Crippen MR) is 97.3 cm³/mol. The average molecular weight is 349 g/mol. The van der Waals surface area contributed by atoms with Crippen LogP contribution in [-0.2, 0) is 6.42 Å². The number of aromatic nitrogens is 4. The lowest BCUT2D eigenvalue weighted by Crippen LogP contribution is -2.38. The molecule has 0 spiro atoms. The molecule has 26 heavy (non-hydrogen) atoms. The maximum atomic E-state index is 13.0. The van der Waals surface area contributed by atoms with Gasteiger partial charge in [0.1, 0.15) is 18.1 Å². The molecule has 0 atom stereocenters. The Morgan fingerprint density at radius 3 is 2.73 bits per heavy atom. The van der Waals surface area contributed by atoms with Gasteiger partial charge in [-0.1, -0.05) is 19.1 Å². The molecule has 1 aliphatic rings. The summed E-state index contributed by atoms with van der Waals surface area (Å²) >= 11 is 0. The average Bonchev–Trinajstić information content (AvgIpc) is 3.16. The number of benzene rings is 1. The van der Waals surface area contributed by atoms with E-state index in [0.717, 1.165) is 23.5 Å². The van der Waals surface area contributed by atoms with Crippen LogP contribution in [0.15, 0.2) is 36.4 Å². The first kappa shape index (κ1) is 16.3. The molecule has 0 radical (unpaired) electrons. The Kier molecular flexibility index (Phi) is 4.12. The molecule has 132 valence electrons. The van der Waals surface area contributed by atoms with Crippen molar-refractivity contribution < 1.29 is 9.53 Å². The van der Waals surface area contributed by atoms with E-state index >= 15 is 0 Å². The topological polar surface area (TPSA) is 84.0 Å². The van der Waals surface area contributed by atoms with Crippen molar-refractivity contribution in [3.05, 3.63) is 53.5 Å². The predicted octanol–water partition coefficient (Wildman–Crippen LogP) is 2.78. The fourth-order valence-corrected chi connectivity index (χ4v) is 2.90. The van der Waals surface area contributed by atoms with E-state index in [2.05, 4.69) is 20.2 Å². The summed E-state index contributed by atoms with van der Waals surface area (Å²) in [5, 5.41) is 7.10. The fraction of sp³-hybridized carbons (Fsp3) is 0.263. The number of H-pyrrole nitrogens is 1. The third kappa shape index (κ3) is 2.92. The molecular weight excluding hydrogens is 330 g/mol. The van der Waals surface area contributed by atoms with Crippen LogP contribution in [-0.4, -0.2) is 39.2 Å². The first-order chi connectivity index (χ1) is 12.7. The van der Waals surface area contributed by atoms with Crippen LogP contribution in [0.25, 0.3) is 11.4 Å². The summed E-state index contributed by atoms with van der Waals surface area (Å²) in [6.07, 6.45) is 0.799. The number of hydrogen-bond donors (Lipinski definition) is 1. The Hall–Kier alpha value is -3.22. The van der Waals surface area contributed by atoms with E-state index in [1.165, 1.54) is 0 Å². The molecule has 0 bridgehead atoms. The highest BCUT2D eigenvalue weighted by atomic mass is 16.5. The van der Waals surface area contributed by atoms with Crippen molar-refractivity contribution >= 4 is 11.6 Å². The Balaban J connectivity index is 1.59. The quantitative estimate of drug-likeness (QED) is 0.786. The van der Waals surface area contributed by atoms with E-state index in [1.807, 2.05) is 38.1 Å². The molecule has 1 N–H and O–H groups in total. The Bertz CT molecular complexity index is 949. The molecule has 1 aliphatic heterocycles. The third-order valence-corrected chi connectivity index (χ3v) is 4.33. The molecule has 0 aliphatic carbocycles. The summed E-state index contributed by atoms with van der Waals surface area (Å²) in [6, 6.07) is 11.1. The Morgan fingerprint density at radius 1 is 1.19 bits per heavy atom. The minimum Gasteiger partial charge on any atom is -0.474 e. The molecule has 3 heterocycles. The minimum absolute atomic E-state index is 0.0732. The molecule has 7 heteroatoms. The summed E-state index contributed by atoms with van der Waals surface area (Å²) in [5.41, 5.74) is 3.04. The van der Waals surface area contributed by atoms with Gasteiger partial charge in [-0.05, 0) is 31.2 Å². The van der Waals surface area contributed by atoms with E-state index in [9.17, 15) is 4.79 Å². The molecule has 3 aromatic rings. The number of aromatic amines is 1. The van der Waals surface area contributed by atoms with Crippen molar-refractivity contribution in [1.29, 1.82) is 0 Å². The van der Waals surface area contributed by atoms with Crippen molar-refractivity contribution in [3.8, 4) is 17.3 Å². The summed E-state index contributed by atoms with van der Waals surface area (Å²) < 4.78 is 5.59. The van der Waals surface area contributed by atoms with Gasteiger partial charge in [0, 0.05) is 23.2 Å². The number of ether oxygens (including phenoxy) is 1. The molecule has 1 aromatic carbocycles. The van der Waals surface area contributed by atoms with Crippen LogP contribution in [0.3, 0.4) is 0 Å². The number of anilines is 1. The van der Waals surface area contributed by atoms with E-state index in [-0.39, 0.29) is 5.91 Å². The van der Waals surface area contributed by atoms with Gasteiger partial charge in [-0.25, -0.2) is 9.97 Å². The van der Waals surface area contributed by atoms with Crippen LogP contribution in [0.4, 0.5) is 5.69 Å². The number of rotatable bonds is 3. The van der Waals surface area contributed by atoms with Crippen LogP contribution in [0.1, 0.15) is 28.8 Å². The van der Waals surface area contributed by atoms with E-state index in [4.69, 9.17) is 4.74 Å². The number of amides is 1. The van der Waals surface area contributed by atoms with Crippen molar-refractivity contribution in [2.75, 3.05) is 18.1 Å². The number of fused-ring (bicyclic) bond motifs is 1. The number of nitrogens with zero attached hydrogens (tertiary/aromatic N) is 4. The number of nitrogens with one attached hydrogen (secondary N) is 1. The van der Waals surface area contributed by atoms with E-state index in [1.54, 1.807) is 17.0 Å². The molecule has 0 saturated carbocycles. The highest BCUT2D eigenvalue weighted by Crippen LogP contribution is 2.31. The zero-order chi connectivity index (χ0) is 18.1. The molecule has 2 aromatic heterocycles. The lowest BCUT2D eigenvalue weighted by atomic mass is 10.1. The first-order valence-corrected chi connectivity index (χ1v) is 8.59. The second-order valence-electron chi connectivity index (χ2n) is 6.12. The van der Waals surface area contributed by atoms with Crippen molar-refractivity contribution in [2.45, 2.75) is 20.3 Å². The van der Waals surface area contributed by atoms with Crippen molar-refractivity contribution in [1.82, 2.24) is 20.2 Å². The minimum atomic E-state index is -0.0732. The molecule has 7 nitrogen and oxygen atoms in total. The lowest BCUT2D eigenvalue weighted by molar-refractivity contribution is 0.0975. The number of carbonyl (C=O) groups is 1. The second-order valence-corrected chi connectivity index (χ2v) is 6.12. The zero-order valence-corrected chi connectivity index (χ0v) is 14.7. The SMILES string of the molecule is CCc1nc(-c2ccc(C(=O)N3CCOc4nc(C)ccc43)cc2)n[nH]1. The van der Waals surface area contributed by atoms with Crippen LogP contribution in [0.2, 0.25) is 0 Å². The molecule has 0 unspecified atom stereocenters. The molecule has 0 fully saturated rings. The zero-order valence-electron chi connectivity index (χ0n) is 14.7. The van der Waals surface area contributed by atoms with Gasteiger partial charge in [-0.2, -0.15) is 5.10 Å². The van der Waals surface area contributed by atoms with Crippen molar-refractivity contribution in [3.63, 3.8) is 0 Å². The normalized spacial score (nSPS) is 13.2. The van der Waals surface area contributed by atoms with E-state index < -0.39 is 0 Å². The van der Waals surface area contributed by atoms with Crippen molar-refractivity contribution in [2.24, 2.45) is 0 Å². The van der Waals surface area contributed by atoms with Gasteiger partial charge >= 0.3 is 0 Å². The van der Waals surface area contributed by atoms with Gasteiger partial charge in [0.05, 0.1) is 6.54 Å². The second kappa shape index (κ2) is 6.59. The van der Waals surface area contributed by atoms with Gasteiger partial charge in [0.15, 0.2) is 5.82 Å². The Labute approximate surface area is 151 Å². The van der Waals surface area contributed by atoms with Gasteiger partial charge < -0.3 is 9.64 Å². The van der Waals surface area contributed by atoms with Crippen LogP contribution < -0.4 is 9.64 Å². The van der Waals surface area contributed by atoms with Gasteiger partial charge in [-0.3, -0.25) is 9.89 Å². The number of aryl methyl sites for hydroxylation is 2. The van der Waals surface area contributed by atoms with Gasteiger partial charge in [-0.15, -0.1) is 0 Å². The Morgan fingerprint density at radius 2 is 2.00 bits per heavy atom. The number of pyridine rings is 1. The summed E-state index contributed by atoms with van der Waals surface area (Å²) in [6.45, 7) is 4.85. The fourth-order valence-electron chi connectivity index (χ4n) is 2.90. The third-order valence-electron chi connectivity index (χ3n) is 4.33. The first-order valence-electron chi connectivity index (χ1n) is 8.59. The van der Waals surface area contributed by atoms with Crippen LogP contribution in [0.5, 0.6) is 5.88 Å². The highest BCUT2D eigenvalue weighted by Gasteiger charge is 2.25. The number of carbonyl (C=O) groups excluding carboxylic acids is 1. The van der Waals surface area contributed by atoms with Gasteiger partial charge in [0.25, 0.3) is 5.91 Å². The smallest absolute Gasteiger partial charge is 0.258 e. The molecule has 0 saturated heterocycles. The summed E-state index contributed by atoms with van der Waals surface area (Å²) in [5.74, 6) is 1.91. The largest absolute Gasteiger partial charge is 0.474 e. The molecule has 1 amide bonds. The monoisotopic (exact) mass is 349 g/mol. The molecular formula is C19H19N5O2. The van der Waals surface area contributed by atoms with Gasteiger partial charge in [0.2, 0.25) is 5.88 Å².